The normalized spacial score (nSPS) is 44.1. The Hall–Kier alpha value is -0.330. The Bertz CT molecular complexity index is 281. The Kier molecular flexibility index (Phi) is 2.92. The number of rotatable bonds is 2. The minimum absolute atomic E-state index is 0.124. The van der Waals surface area contributed by atoms with Crippen LogP contribution in [0.15, 0.2) is 0 Å². The van der Waals surface area contributed by atoms with Gasteiger partial charge in [0.1, 0.15) is 6.29 Å². The monoisotopic (exact) mass is 222 g/mol. The van der Waals surface area contributed by atoms with E-state index in [9.17, 15) is 4.79 Å². The molecular weight excluding hydrogens is 196 g/mol. The molecule has 2 unspecified atom stereocenters. The van der Waals surface area contributed by atoms with Gasteiger partial charge in [-0.2, -0.15) is 0 Å². The summed E-state index contributed by atoms with van der Waals surface area (Å²) in [5.41, 5.74) is 0.308. The molecule has 2 fully saturated rings. The number of carbonyl (C=O) groups excluding carboxylic acids is 1. The molecule has 1 nitrogen and oxygen atoms in total. The van der Waals surface area contributed by atoms with Gasteiger partial charge < -0.3 is 4.79 Å². The third kappa shape index (κ3) is 1.63. The van der Waals surface area contributed by atoms with Crippen LogP contribution in [0.2, 0.25) is 0 Å². The SMILES string of the molecule is C[C@H]1CCC[C@@]2(C)C1CCC2C(C)(C)C=O. The molecule has 2 aliphatic carbocycles. The Morgan fingerprint density at radius 3 is 2.56 bits per heavy atom. The molecule has 2 rings (SSSR count). The fourth-order valence-corrected chi connectivity index (χ4v) is 4.87. The van der Waals surface area contributed by atoms with E-state index in [4.69, 9.17) is 0 Å². The highest BCUT2D eigenvalue weighted by atomic mass is 16.1. The van der Waals surface area contributed by atoms with Crippen LogP contribution >= 0.6 is 0 Å². The lowest BCUT2D eigenvalue weighted by atomic mass is 9.57. The van der Waals surface area contributed by atoms with E-state index in [1.807, 2.05) is 0 Å². The van der Waals surface area contributed by atoms with Gasteiger partial charge in [-0.05, 0) is 42.4 Å². The second kappa shape index (κ2) is 3.85. The van der Waals surface area contributed by atoms with Crippen LogP contribution in [0.5, 0.6) is 0 Å². The highest BCUT2D eigenvalue weighted by Gasteiger charge is 2.54. The number of aldehydes is 1. The smallest absolute Gasteiger partial charge is 0.125 e. The summed E-state index contributed by atoms with van der Waals surface area (Å²) in [6, 6.07) is 0. The summed E-state index contributed by atoms with van der Waals surface area (Å²) in [5.74, 6) is 2.34. The van der Waals surface area contributed by atoms with E-state index in [-0.39, 0.29) is 5.41 Å². The molecule has 0 spiro atoms. The van der Waals surface area contributed by atoms with Crippen molar-refractivity contribution in [3.05, 3.63) is 0 Å². The van der Waals surface area contributed by atoms with E-state index >= 15 is 0 Å². The van der Waals surface area contributed by atoms with Gasteiger partial charge in [0.15, 0.2) is 0 Å². The van der Waals surface area contributed by atoms with Gasteiger partial charge in [-0.3, -0.25) is 0 Å². The first-order valence-corrected chi connectivity index (χ1v) is 6.88. The predicted octanol–water partition coefficient (Wildman–Crippen LogP) is 4.06. The molecule has 0 aromatic carbocycles. The highest BCUT2D eigenvalue weighted by Crippen LogP contribution is 2.61. The first-order chi connectivity index (χ1) is 7.42. The minimum atomic E-state index is -0.124. The van der Waals surface area contributed by atoms with Crippen molar-refractivity contribution in [1.29, 1.82) is 0 Å². The van der Waals surface area contributed by atoms with E-state index in [1.54, 1.807) is 0 Å². The maximum absolute atomic E-state index is 11.3. The van der Waals surface area contributed by atoms with Crippen molar-refractivity contribution in [2.24, 2.45) is 28.6 Å². The molecular formula is C15H26O. The van der Waals surface area contributed by atoms with Crippen LogP contribution in [0.4, 0.5) is 0 Å². The molecule has 0 N–H and O–H groups in total. The quantitative estimate of drug-likeness (QED) is 0.644. The number of fused-ring (bicyclic) bond motifs is 1. The van der Waals surface area contributed by atoms with Gasteiger partial charge >= 0.3 is 0 Å². The first kappa shape index (κ1) is 12.1. The standard InChI is InChI=1S/C15H26O/c1-11-6-5-9-15(4)12(11)7-8-13(15)14(2,3)10-16/h10-13H,5-9H2,1-4H3/t11-,12?,13?,15-/m0/s1. The molecule has 0 aromatic heterocycles. The van der Waals surface area contributed by atoms with Gasteiger partial charge in [0.25, 0.3) is 0 Å². The van der Waals surface area contributed by atoms with Crippen LogP contribution in [0.25, 0.3) is 0 Å². The second-order valence-electron chi connectivity index (χ2n) is 7.05. The summed E-state index contributed by atoms with van der Waals surface area (Å²) in [7, 11) is 0. The largest absolute Gasteiger partial charge is 0.303 e. The van der Waals surface area contributed by atoms with Crippen LogP contribution in [-0.2, 0) is 4.79 Å². The fourth-order valence-electron chi connectivity index (χ4n) is 4.87. The van der Waals surface area contributed by atoms with E-state index < -0.39 is 0 Å². The molecule has 0 heterocycles. The zero-order chi connectivity index (χ0) is 12.0. The topological polar surface area (TPSA) is 17.1 Å². The third-order valence-corrected chi connectivity index (χ3v) is 5.67. The van der Waals surface area contributed by atoms with Crippen LogP contribution in [-0.4, -0.2) is 6.29 Å². The van der Waals surface area contributed by atoms with E-state index in [2.05, 4.69) is 27.7 Å². The summed E-state index contributed by atoms with van der Waals surface area (Å²) in [6.45, 7) is 9.14. The summed E-state index contributed by atoms with van der Waals surface area (Å²) in [4.78, 5) is 11.3. The summed E-state index contributed by atoms with van der Waals surface area (Å²) >= 11 is 0. The zero-order valence-corrected chi connectivity index (χ0v) is 11.3. The third-order valence-electron chi connectivity index (χ3n) is 5.67. The van der Waals surface area contributed by atoms with Gasteiger partial charge in [0.05, 0.1) is 0 Å². The molecule has 2 aliphatic rings. The summed E-state index contributed by atoms with van der Waals surface area (Å²) in [5, 5.41) is 0. The molecule has 0 saturated heterocycles. The van der Waals surface area contributed by atoms with Gasteiger partial charge in [-0.25, -0.2) is 0 Å². The molecule has 4 atom stereocenters. The van der Waals surface area contributed by atoms with Crippen molar-refractivity contribution in [2.75, 3.05) is 0 Å². The molecule has 0 aromatic rings. The maximum atomic E-state index is 11.3. The molecule has 0 aliphatic heterocycles. The maximum Gasteiger partial charge on any atom is 0.125 e. The van der Waals surface area contributed by atoms with Crippen molar-refractivity contribution < 1.29 is 4.79 Å². The molecule has 1 heteroatoms. The van der Waals surface area contributed by atoms with E-state index in [0.29, 0.717) is 11.3 Å². The molecule has 0 amide bonds. The summed E-state index contributed by atoms with van der Waals surface area (Å²) in [6.07, 6.45) is 7.90. The van der Waals surface area contributed by atoms with E-state index in [0.717, 1.165) is 11.8 Å². The average molecular weight is 222 g/mol. The Labute approximate surface area is 100.0 Å². The lowest BCUT2D eigenvalue weighted by Crippen LogP contribution is -2.42. The van der Waals surface area contributed by atoms with Crippen molar-refractivity contribution in [3.63, 3.8) is 0 Å². The molecule has 0 bridgehead atoms. The van der Waals surface area contributed by atoms with Gasteiger partial charge in [0, 0.05) is 5.41 Å². The Morgan fingerprint density at radius 2 is 1.94 bits per heavy atom. The fraction of sp³-hybridized carbons (Fsp3) is 0.933. The molecule has 2 saturated carbocycles. The Balaban J connectivity index is 2.28. The van der Waals surface area contributed by atoms with Gasteiger partial charge in [-0.15, -0.1) is 0 Å². The van der Waals surface area contributed by atoms with Gasteiger partial charge in [0.2, 0.25) is 0 Å². The van der Waals surface area contributed by atoms with Crippen LogP contribution < -0.4 is 0 Å². The molecule has 0 radical (unpaired) electrons. The average Bonchev–Trinajstić information content (AvgIpc) is 2.57. The predicted molar refractivity (Wildman–Crippen MR) is 67.2 cm³/mol. The number of carbonyl (C=O) groups is 1. The van der Waals surface area contributed by atoms with Crippen LogP contribution in [0.3, 0.4) is 0 Å². The minimum Gasteiger partial charge on any atom is -0.303 e. The van der Waals surface area contributed by atoms with Crippen molar-refractivity contribution in [3.8, 4) is 0 Å². The highest BCUT2D eigenvalue weighted by molar-refractivity contribution is 5.59. The lowest BCUT2D eigenvalue weighted by molar-refractivity contribution is -0.120. The van der Waals surface area contributed by atoms with Crippen LogP contribution in [0.1, 0.15) is 59.8 Å². The Morgan fingerprint density at radius 1 is 1.25 bits per heavy atom. The number of hydrogen-bond acceptors (Lipinski definition) is 1. The number of hydrogen-bond donors (Lipinski definition) is 0. The van der Waals surface area contributed by atoms with Gasteiger partial charge in [-0.1, -0.05) is 40.5 Å². The van der Waals surface area contributed by atoms with Crippen LogP contribution in [0, 0.1) is 28.6 Å². The van der Waals surface area contributed by atoms with E-state index in [1.165, 1.54) is 38.4 Å². The zero-order valence-electron chi connectivity index (χ0n) is 11.3. The lowest BCUT2D eigenvalue weighted by Gasteiger charge is -2.47. The summed E-state index contributed by atoms with van der Waals surface area (Å²) < 4.78 is 0. The molecule has 16 heavy (non-hydrogen) atoms. The van der Waals surface area contributed by atoms with Crippen molar-refractivity contribution in [2.45, 2.75) is 59.8 Å². The second-order valence-corrected chi connectivity index (χ2v) is 7.05. The molecule has 92 valence electrons. The van der Waals surface area contributed by atoms with Crippen molar-refractivity contribution in [1.82, 2.24) is 0 Å². The first-order valence-electron chi connectivity index (χ1n) is 6.88. The van der Waals surface area contributed by atoms with Crippen molar-refractivity contribution >= 4 is 6.29 Å².